The first kappa shape index (κ1) is 28.2. The Balaban J connectivity index is 2.72. The Morgan fingerprint density at radius 1 is 0.656 bits per heavy atom. The first-order valence-corrected chi connectivity index (χ1v) is 13.1. The molecule has 0 aromatic heterocycles. The number of carbonyl (C=O) groups is 2. The van der Waals surface area contributed by atoms with Crippen molar-refractivity contribution in [3.8, 4) is 0 Å². The molecule has 0 aliphatic carbocycles. The molecule has 1 unspecified atom stereocenters. The molecule has 4 heteroatoms. The molecular weight excluding hydrogens is 400 g/mol. The largest absolute Gasteiger partial charge is 0.478 e. The molecule has 2 N–H and O–H groups in total. The van der Waals surface area contributed by atoms with Crippen molar-refractivity contribution in [2.45, 2.75) is 129 Å². The molecule has 0 spiro atoms. The van der Waals surface area contributed by atoms with Crippen LogP contribution in [0.15, 0.2) is 18.2 Å². The van der Waals surface area contributed by atoms with Gasteiger partial charge < -0.3 is 10.2 Å². The highest BCUT2D eigenvalue weighted by atomic mass is 16.4. The lowest BCUT2D eigenvalue weighted by molar-refractivity contribution is 0.0650. The first-order valence-electron chi connectivity index (χ1n) is 13.1. The van der Waals surface area contributed by atoms with Gasteiger partial charge in [0.15, 0.2) is 0 Å². The third kappa shape index (κ3) is 11.2. The molecule has 1 aromatic carbocycles. The van der Waals surface area contributed by atoms with E-state index in [4.69, 9.17) is 0 Å². The van der Waals surface area contributed by atoms with Crippen LogP contribution in [0.1, 0.15) is 155 Å². The second-order valence-corrected chi connectivity index (χ2v) is 9.25. The molecule has 0 saturated heterocycles. The summed E-state index contributed by atoms with van der Waals surface area (Å²) in [7, 11) is 0. The van der Waals surface area contributed by atoms with E-state index in [-0.39, 0.29) is 17.0 Å². The van der Waals surface area contributed by atoms with Gasteiger partial charge in [0.1, 0.15) is 0 Å². The molecule has 4 nitrogen and oxygen atoms in total. The Labute approximate surface area is 195 Å². The van der Waals surface area contributed by atoms with Gasteiger partial charge in [0, 0.05) is 0 Å². The summed E-state index contributed by atoms with van der Waals surface area (Å²) in [5, 5.41) is 19.3. The highest BCUT2D eigenvalue weighted by molar-refractivity contribution is 6.02. The summed E-state index contributed by atoms with van der Waals surface area (Å²) in [6.07, 6.45) is 20.4. The fourth-order valence-electron chi connectivity index (χ4n) is 4.66. The van der Waals surface area contributed by atoms with E-state index in [0.29, 0.717) is 5.56 Å². The smallest absolute Gasteiger partial charge is 0.336 e. The molecule has 0 radical (unpaired) electrons. The van der Waals surface area contributed by atoms with E-state index in [2.05, 4.69) is 13.8 Å². The molecule has 0 bridgehead atoms. The van der Waals surface area contributed by atoms with E-state index in [1.165, 1.54) is 89.5 Å². The number of carboxylic acid groups (broad SMARTS) is 2. The second-order valence-electron chi connectivity index (χ2n) is 9.25. The van der Waals surface area contributed by atoms with Crippen LogP contribution in [0.3, 0.4) is 0 Å². The standard InChI is InChI=1S/C28H46O4/c1-3-5-7-9-11-13-15-17-20-23(19-16-14-12-10-8-6-4-2)24-21-18-22-25(27(29)30)26(24)28(31)32/h18,21-23H,3-17,19-20H2,1-2H3,(H,29,30)(H,31,32). The summed E-state index contributed by atoms with van der Waals surface area (Å²) in [5.74, 6) is -2.17. The predicted octanol–water partition coefficient (Wildman–Crippen LogP) is 8.84. The zero-order chi connectivity index (χ0) is 23.6. The van der Waals surface area contributed by atoms with Gasteiger partial charge in [-0.25, -0.2) is 9.59 Å². The van der Waals surface area contributed by atoms with Gasteiger partial charge in [0.2, 0.25) is 0 Å². The SMILES string of the molecule is CCCCCCCCCCC(CCCCCCCCC)c1cccc(C(=O)O)c1C(=O)O. The number of hydrogen-bond acceptors (Lipinski definition) is 2. The van der Waals surface area contributed by atoms with Gasteiger partial charge in [0.25, 0.3) is 0 Å². The molecule has 1 rings (SSSR count). The van der Waals surface area contributed by atoms with E-state index in [0.717, 1.165) is 25.7 Å². The van der Waals surface area contributed by atoms with Gasteiger partial charge in [-0.05, 0) is 30.4 Å². The van der Waals surface area contributed by atoms with Crippen LogP contribution in [0.4, 0.5) is 0 Å². The molecule has 32 heavy (non-hydrogen) atoms. The lowest BCUT2D eigenvalue weighted by atomic mass is 9.84. The van der Waals surface area contributed by atoms with Crippen LogP contribution in [0.25, 0.3) is 0 Å². The summed E-state index contributed by atoms with van der Waals surface area (Å²) >= 11 is 0. The number of hydrogen-bond donors (Lipinski definition) is 2. The first-order chi connectivity index (χ1) is 15.5. The van der Waals surface area contributed by atoms with E-state index >= 15 is 0 Å². The van der Waals surface area contributed by atoms with Crippen molar-refractivity contribution < 1.29 is 19.8 Å². The van der Waals surface area contributed by atoms with Gasteiger partial charge in [0.05, 0.1) is 11.1 Å². The third-order valence-corrected chi connectivity index (χ3v) is 6.54. The van der Waals surface area contributed by atoms with Crippen LogP contribution in [-0.4, -0.2) is 22.2 Å². The zero-order valence-electron chi connectivity index (χ0n) is 20.5. The number of benzene rings is 1. The van der Waals surface area contributed by atoms with Gasteiger partial charge in [-0.1, -0.05) is 122 Å². The van der Waals surface area contributed by atoms with Crippen LogP contribution in [0.2, 0.25) is 0 Å². The Bertz CT molecular complexity index is 653. The van der Waals surface area contributed by atoms with Crippen LogP contribution in [0.5, 0.6) is 0 Å². The second kappa shape index (κ2) is 17.7. The van der Waals surface area contributed by atoms with Crippen LogP contribution < -0.4 is 0 Å². The lowest BCUT2D eigenvalue weighted by Crippen LogP contribution is -2.14. The molecule has 0 aliphatic rings. The van der Waals surface area contributed by atoms with E-state index in [9.17, 15) is 19.8 Å². The topological polar surface area (TPSA) is 74.6 Å². The maximum absolute atomic E-state index is 12.0. The Morgan fingerprint density at radius 2 is 1.09 bits per heavy atom. The summed E-state index contributed by atoms with van der Waals surface area (Å²) in [5.41, 5.74) is 0.620. The van der Waals surface area contributed by atoms with Crippen molar-refractivity contribution in [1.82, 2.24) is 0 Å². The normalized spacial score (nSPS) is 12.1. The van der Waals surface area contributed by atoms with Crippen molar-refractivity contribution in [1.29, 1.82) is 0 Å². The average Bonchev–Trinajstić information content (AvgIpc) is 2.78. The van der Waals surface area contributed by atoms with Gasteiger partial charge in [-0.15, -0.1) is 0 Å². The van der Waals surface area contributed by atoms with E-state index in [1.807, 2.05) is 6.07 Å². The molecule has 0 saturated carbocycles. The number of unbranched alkanes of at least 4 members (excludes halogenated alkanes) is 13. The number of rotatable bonds is 20. The fourth-order valence-corrected chi connectivity index (χ4v) is 4.66. The van der Waals surface area contributed by atoms with Crippen molar-refractivity contribution in [2.75, 3.05) is 0 Å². The van der Waals surface area contributed by atoms with Crippen molar-refractivity contribution in [2.24, 2.45) is 0 Å². The molecule has 1 atom stereocenters. The summed E-state index contributed by atoms with van der Waals surface area (Å²) in [6, 6.07) is 4.96. The van der Waals surface area contributed by atoms with Crippen LogP contribution in [0, 0.1) is 0 Å². The maximum atomic E-state index is 12.0. The minimum absolute atomic E-state index is 0.00693. The number of carboxylic acids is 2. The number of aromatic carboxylic acids is 2. The molecule has 182 valence electrons. The van der Waals surface area contributed by atoms with Crippen molar-refractivity contribution in [3.63, 3.8) is 0 Å². The van der Waals surface area contributed by atoms with Gasteiger partial charge >= 0.3 is 11.9 Å². The van der Waals surface area contributed by atoms with E-state index in [1.54, 1.807) is 6.07 Å². The van der Waals surface area contributed by atoms with Gasteiger partial charge in [-0.3, -0.25) is 0 Å². The molecule has 0 heterocycles. The third-order valence-electron chi connectivity index (χ3n) is 6.54. The van der Waals surface area contributed by atoms with Crippen LogP contribution in [-0.2, 0) is 0 Å². The highest BCUT2D eigenvalue weighted by Crippen LogP contribution is 2.32. The average molecular weight is 447 g/mol. The Morgan fingerprint density at radius 3 is 1.50 bits per heavy atom. The predicted molar refractivity (Wildman–Crippen MR) is 133 cm³/mol. The molecule has 1 aromatic rings. The fraction of sp³-hybridized carbons (Fsp3) is 0.714. The molecule has 0 aliphatic heterocycles. The summed E-state index contributed by atoms with van der Waals surface area (Å²) in [4.78, 5) is 23.6. The zero-order valence-corrected chi connectivity index (χ0v) is 20.5. The Kier molecular flexibility index (Phi) is 15.6. The summed E-state index contributed by atoms with van der Waals surface area (Å²) in [6.45, 7) is 4.46. The molecular formula is C28H46O4. The van der Waals surface area contributed by atoms with Gasteiger partial charge in [-0.2, -0.15) is 0 Å². The van der Waals surface area contributed by atoms with E-state index < -0.39 is 11.9 Å². The Hall–Kier alpha value is -1.84. The van der Waals surface area contributed by atoms with Crippen LogP contribution >= 0.6 is 0 Å². The molecule has 0 fully saturated rings. The van der Waals surface area contributed by atoms with Crippen molar-refractivity contribution in [3.05, 3.63) is 34.9 Å². The highest BCUT2D eigenvalue weighted by Gasteiger charge is 2.24. The minimum atomic E-state index is -1.16. The summed E-state index contributed by atoms with van der Waals surface area (Å²) < 4.78 is 0. The monoisotopic (exact) mass is 446 g/mol. The minimum Gasteiger partial charge on any atom is -0.478 e. The van der Waals surface area contributed by atoms with Crippen molar-refractivity contribution >= 4 is 11.9 Å². The lowest BCUT2D eigenvalue weighted by Gasteiger charge is -2.20. The molecule has 0 amide bonds. The maximum Gasteiger partial charge on any atom is 0.336 e. The quantitative estimate of drug-likeness (QED) is 0.196.